The minimum Gasteiger partial charge on any atom is -0.497 e. The topological polar surface area (TPSA) is 88.4 Å². The van der Waals surface area contributed by atoms with Crippen LogP contribution in [0.5, 0.6) is 17.2 Å². The number of hydrogen-bond acceptors (Lipinski definition) is 8. The quantitative estimate of drug-likeness (QED) is 0.138. The lowest BCUT2D eigenvalue weighted by Gasteiger charge is -2.26. The molecular formula is C37H29Cl3N2O6S. The Labute approximate surface area is 301 Å². The predicted molar refractivity (Wildman–Crippen MR) is 193 cm³/mol. The number of nitrogens with zero attached hydrogens (tertiary/aromatic N) is 2. The van der Waals surface area contributed by atoms with Crippen LogP contribution in [0.1, 0.15) is 35.2 Å². The highest BCUT2D eigenvalue weighted by atomic mass is 35.5. The van der Waals surface area contributed by atoms with Gasteiger partial charge in [0.15, 0.2) is 16.3 Å². The second-order valence-electron chi connectivity index (χ2n) is 10.8. The van der Waals surface area contributed by atoms with E-state index in [0.29, 0.717) is 59.0 Å². The number of aromatic nitrogens is 1. The Morgan fingerprint density at radius 3 is 2.37 bits per heavy atom. The van der Waals surface area contributed by atoms with Gasteiger partial charge in [0.2, 0.25) is 0 Å². The van der Waals surface area contributed by atoms with E-state index in [1.165, 1.54) is 23.0 Å². The fourth-order valence-corrected chi connectivity index (χ4v) is 7.18. The van der Waals surface area contributed by atoms with Gasteiger partial charge in [-0.3, -0.25) is 9.36 Å². The molecule has 1 atom stereocenters. The zero-order valence-electron chi connectivity index (χ0n) is 26.5. The van der Waals surface area contributed by atoms with Crippen LogP contribution in [0.15, 0.2) is 100 Å². The molecule has 1 aliphatic rings. The Morgan fingerprint density at radius 1 is 0.939 bits per heavy atom. The van der Waals surface area contributed by atoms with Crippen molar-refractivity contribution in [2.24, 2.45) is 4.99 Å². The van der Waals surface area contributed by atoms with E-state index in [1.54, 1.807) is 62.6 Å². The van der Waals surface area contributed by atoms with Gasteiger partial charge in [-0.05, 0) is 60.5 Å². The molecule has 0 amide bonds. The Morgan fingerprint density at radius 2 is 1.69 bits per heavy atom. The number of benzene rings is 4. The third-order valence-electron chi connectivity index (χ3n) is 7.74. The molecule has 6 rings (SSSR count). The summed E-state index contributed by atoms with van der Waals surface area (Å²) in [6, 6.07) is 24.3. The van der Waals surface area contributed by atoms with Crippen LogP contribution in [0.2, 0.25) is 15.1 Å². The third-order valence-corrected chi connectivity index (χ3v) is 9.59. The first kappa shape index (κ1) is 34.3. The summed E-state index contributed by atoms with van der Waals surface area (Å²) in [5, 5.41) is 1.25. The molecule has 250 valence electrons. The summed E-state index contributed by atoms with van der Waals surface area (Å²) >= 11 is 20.3. The maximum Gasteiger partial charge on any atom is 0.338 e. The van der Waals surface area contributed by atoms with Crippen LogP contribution < -0.4 is 29.1 Å². The molecular weight excluding hydrogens is 707 g/mol. The summed E-state index contributed by atoms with van der Waals surface area (Å²) in [5.74, 6) is 0.756. The van der Waals surface area contributed by atoms with E-state index >= 15 is 0 Å². The molecule has 0 spiro atoms. The van der Waals surface area contributed by atoms with Gasteiger partial charge in [0.1, 0.15) is 12.4 Å². The van der Waals surface area contributed by atoms with Crippen LogP contribution in [-0.4, -0.2) is 31.4 Å². The van der Waals surface area contributed by atoms with E-state index < -0.39 is 12.0 Å². The summed E-state index contributed by atoms with van der Waals surface area (Å²) in [6.07, 6.45) is 1.71. The Hall–Kier alpha value is -4.54. The zero-order valence-corrected chi connectivity index (χ0v) is 29.6. The Bertz CT molecular complexity index is 2250. The van der Waals surface area contributed by atoms with E-state index in [2.05, 4.69) is 0 Å². The highest BCUT2D eigenvalue weighted by Gasteiger charge is 2.35. The first-order valence-corrected chi connectivity index (χ1v) is 17.0. The Kier molecular flexibility index (Phi) is 10.5. The fourth-order valence-electron chi connectivity index (χ4n) is 5.45. The minimum atomic E-state index is -0.827. The lowest BCUT2D eigenvalue weighted by molar-refractivity contribution is -0.138. The first-order chi connectivity index (χ1) is 23.7. The molecule has 0 unspecified atom stereocenters. The van der Waals surface area contributed by atoms with Crippen molar-refractivity contribution >= 4 is 63.9 Å². The summed E-state index contributed by atoms with van der Waals surface area (Å²) in [4.78, 5) is 33.3. The lowest BCUT2D eigenvalue weighted by atomic mass is 9.93. The number of rotatable bonds is 10. The largest absolute Gasteiger partial charge is 0.497 e. The van der Waals surface area contributed by atoms with E-state index in [9.17, 15) is 9.59 Å². The predicted octanol–water partition coefficient (Wildman–Crippen LogP) is 7.49. The average Bonchev–Trinajstić information content (AvgIpc) is 3.41. The molecule has 5 aromatic rings. The van der Waals surface area contributed by atoms with E-state index in [1.807, 2.05) is 42.5 Å². The van der Waals surface area contributed by atoms with Gasteiger partial charge in [0.05, 0.1) is 47.7 Å². The second-order valence-corrected chi connectivity index (χ2v) is 13.0. The molecule has 0 fully saturated rings. The minimum absolute atomic E-state index is 0.127. The molecule has 1 aliphatic heterocycles. The number of carbonyl (C=O) groups is 1. The normalized spacial score (nSPS) is 14.2. The molecule has 4 aromatic carbocycles. The summed E-state index contributed by atoms with van der Waals surface area (Å²) in [5.41, 5.74) is 3.06. The van der Waals surface area contributed by atoms with Crippen molar-refractivity contribution in [3.05, 3.63) is 148 Å². The van der Waals surface area contributed by atoms with E-state index in [4.69, 9.17) is 58.7 Å². The highest BCUT2D eigenvalue weighted by Crippen LogP contribution is 2.38. The number of halogens is 3. The number of thiazole rings is 1. The van der Waals surface area contributed by atoms with Crippen molar-refractivity contribution in [1.82, 2.24) is 4.57 Å². The summed E-state index contributed by atoms with van der Waals surface area (Å²) < 4.78 is 24.5. The van der Waals surface area contributed by atoms with Crippen molar-refractivity contribution in [3.63, 3.8) is 0 Å². The molecule has 0 N–H and O–H groups in total. The van der Waals surface area contributed by atoms with Crippen molar-refractivity contribution in [2.45, 2.75) is 19.6 Å². The lowest BCUT2D eigenvalue weighted by Crippen LogP contribution is -2.40. The van der Waals surface area contributed by atoms with Crippen molar-refractivity contribution < 1.29 is 23.7 Å². The number of fused-ring (bicyclic) bond motifs is 1. The number of hydrogen-bond donors (Lipinski definition) is 0. The highest BCUT2D eigenvalue weighted by molar-refractivity contribution is 7.07. The monoisotopic (exact) mass is 734 g/mol. The van der Waals surface area contributed by atoms with Crippen LogP contribution in [-0.2, 0) is 16.1 Å². The zero-order chi connectivity index (χ0) is 34.7. The molecule has 8 nitrogen and oxygen atoms in total. The van der Waals surface area contributed by atoms with E-state index in [-0.39, 0.29) is 29.4 Å². The van der Waals surface area contributed by atoms with Crippen LogP contribution in [0.4, 0.5) is 0 Å². The molecule has 0 bridgehead atoms. The van der Waals surface area contributed by atoms with Gasteiger partial charge in [-0.25, -0.2) is 9.79 Å². The maximum absolute atomic E-state index is 14.3. The molecule has 1 aromatic heterocycles. The molecule has 0 saturated carbocycles. The van der Waals surface area contributed by atoms with Crippen molar-refractivity contribution in [2.75, 3.05) is 20.8 Å². The smallest absolute Gasteiger partial charge is 0.338 e. The molecule has 2 heterocycles. The van der Waals surface area contributed by atoms with Crippen LogP contribution in [0.3, 0.4) is 0 Å². The number of methoxy groups -OCH3 is 2. The molecule has 49 heavy (non-hydrogen) atoms. The standard InChI is InChI=1S/C37H29Cl3N2O6S/c1-4-47-36(44)31-32(22-8-6-5-7-9-22)41-37-42(33(31)23-11-14-26(45-2)15-12-23)35(43)30(49-37)18-21-16-28(40)34(29(17-21)46-3)48-20-24-10-13-25(38)19-27(24)39/h5-19,33H,4,20H2,1-3H3/b30-18-/t33-/m0/s1. The summed E-state index contributed by atoms with van der Waals surface area (Å²) in [6.45, 7) is 2.02. The fraction of sp³-hybridized carbons (Fsp3) is 0.162. The molecule has 0 saturated heterocycles. The molecule has 0 radical (unpaired) electrons. The van der Waals surface area contributed by atoms with Crippen LogP contribution in [0, 0.1) is 0 Å². The van der Waals surface area contributed by atoms with Gasteiger partial charge >= 0.3 is 5.97 Å². The Balaban J connectivity index is 1.48. The van der Waals surface area contributed by atoms with Crippen molar-refractivity contribution in [1.29, 1.82) is 0 Å². The van der Waals surface area contributed by atoms with Crippen molar-refractivity contribution in [3.8, 4) is 17.2 Å². The SMILES string of the molecule is CCOC(=O)C1=C(c2ccccc2)N=c2s/c(=C\c3cc(Cl)c(OCc4ccc(Cl)cc4Cl)c(OC)c3)c(=O)n2[C@H]1c1ccc(OC)cc1. The van der Waals surface area contributed by atoms with Gasteiger partial charge in [-0.15, -0.1) is 0 Å². The van der Waals surface area contributed by atoms with Crippen LogP contribution >= 0.6 is 46.1 Å². The van der Waals surface area contributed by atoms with Gasteiger partial charge in [0, 0.05) is 21.2 Å². The van der Waals surface area contributed by atoms with E-state index in [0.717, 1.165) is 5.56 Å². The molecule has 12 heteroatoms. The first-order valence-electron chi connectivity index (χ1n) is 15.1. The van der Waals surface area contributed by atoms with Crippen LogP contribution in [0.25, 0.3) is 11.8 Å². The second kappa shape index (κ2) is 14.9. The van der Waals surface area contributed by atoms with Gasteiger partial charge in [-0.1, -0.05) is 94.7 Å². The third kappa shape index (κ3) is 7.12. The van der Waals surface area contributed by atoms with Gasteiger partial charge < -0.3 is 18.9 Å². The average molecular weight is 736 g/mol. The number of carbonyl (C=O) groups excluding carboxylic acids is 1. The number of esters is 1. The summed E-state index contributed by atoms with van der Waals surface area (Å²) in [7, 11) is 3.08. The number of ether oxygens (including phenoxy) is 4. The molecule has 0 aliphatic carbocycles. The van der Waals surface area contributed by atoms with Gasteiger partial charge in [0.25, 0.3) is 5.56 Å². The van der Waals surface area contributed by atoms with Gasteiger partial charge in [-0.2, -0.15) is 0 Å². The maximum atomic E-state index is 14.3.